The minimum absolute atomic E-state index is 0.00360. The molecule has 1 amide bonds. The van der Waals surface area contributed by atoms with Crippen molar-refractivity contribution in [3.8, 4) is 5.75 Å². The number of benzene rings is 1. The zero-order chi connectivity index (χ0) is 19.8. The number of hydrogen-bond donors (Lipinski definition) is 1. The number of carbonyl (C=O) groups excluding carboxylic acids is 1. The van der Waals surface area contributed by atoms with Crippen LogP contribution in [0.25, 0.3) is 0 Å². The van der Waals surface area contributed by atoms with Gasteiger partial charge in [-0.1, -0.05) is 25.4 Å². The number of halogens is 1. The summed E-state index contributed by atoms with van der Waals surface area (Å²) in [5, 5.41) is 0.325. The molecule has 0 saturated carbocycles. The Morgan fingerprint density at radius 1 is 1.33 bits per heavy atom. The second-order valence-corrected chi connectivity index (χ2v) is 10.0. The van der Waals surface area contributed by atoms with Crippen LogP contribution in [0.4, 0.5) is 0 Å². The average molecular weight is 415 g/mol. The highest BCUT2D eigenvalue weighted by molar-refractivity contribution is 7.89. The van der Waals surface area contributed by atoms with Crippen molar-refractivity contribution in [2.24, 2.45) is 5.92 Å². The van der Waals surface area contributed by atoms with Crippen molar-refractivity contribution in [3.05, 3.63) is 22.7 Å². The van der Waals surface area contributed by atoms with Gasteiger partial charge in [-0.25, -0.2) is 13.1 Å². The lowest BCUT2D eigenvalue weighted by molar-refractivity contribution is -0.133. The molecule has 27 heavy (non-hydrogen) atoms. The maximum atomic E-state index is 12.8. The Labute approximate surface area is 166 Å². The molecular weight excluding hydrogens is 388 g/mol. The van der Waals surface area contributed by atoms with Crippen LogP contribution in [0.2, 0.25) is 5.02 Å². The predicted octanol–water partition coefficient (Wildman–Crippen LogP) is 2.98. The number of ether oxygens (including phenoxy) is 1. The fourth-order valence-corrected chi connectivity index (χ4v) is 5.36. The van der Waals surface area contributed by atoms with Gasteiger partial charge in [0.2, 0.25) is 15.9 Å². The second-order valence-electron chi connectivity index (χ2n) is 7.90. The first-order valence-electron chi connectivity index (χ1n) is 9.45. The zero-order valence-corrected chi connectivity index (χ0v) is 17.6. The molecule has 0 aromatic heterocycles. The molecule has 1 fully saturated rings. The van der Waals surface area contributed by atoms with Crippen LogP contribution in [0, 0.1) is 5.92 Å². The topological polar surface area (TPSA) is 75.7 Å². The van der Waals surface area contributed by atoms with Gasteiger partial charge in [0, 0.05) is 37.5 Å². The first kappa shape index (κ1) is 20.4. The lowest BCUT2D eigenvalue weighted by atomic mass is 10.0. The van der Waals surface area contributed by atoms with Gasteiger partial charge in [0.05, 0.1) is 9.92 Å². The van der Waals surface area contributed by atoms with Gasteiger partial charge in [-0.2, -0.15) is 0 Å². The number of amides is 1. The summed E-state index contributed by atoms with van der Waals surface area (Å²) in [6.07, 6.45) is 2.40. The van der Waals surface area contributed by atoms with Gasteiger partial charge in [-0.3, -0.25) is 4.79 Å². The van der Waals surface area contributed by atoms with Crippen molar-refractivity contribution in [3.63, 3.8) is 0 Å². The van der Waals surface area contributed by atoms with Crippen molar-refractivity contribution in [2.75, 3.05) is 13.1 Å². The minimum atomic E-state index is -3.67. The van der Waals surface area contributed by atoms with Crippen molar-refractivity contribution in [1.82, 2.24) is 9.62 Å². The molecule has 0 radical (unpaired) electrons. The highest BCUT2D eigenvalue weighted by Gasteiger charge is 2.29. The molecule has 2 heterocycles. The molecule has 3 rings (SSSR count). The minimum Gasteiger partial charge on any atom is -0.489 e. The largest absolute Gasteiger partial charge is 0.489 e. The molecule has 2 aliphatic heterocycles. The first-order valence-corrected chi connectivity index (χ1v) is 11.3. The summed E-state index contributed by atoms with van der Waals surface area (Å²) in [6.45, 7) is 7.12. The molecule has 1 N–H and O–H groups in total. The molecule has 1 aromatic carbocycles. The lowest BCUT2D eigenvalue weighted by Gasteiger charge is -2.32. The van der Waals surface area contributed by atoms with Gasteiger partial charge >= 0.3 is 0 Å². The van der Waals surface area contributed by atoms with Crippen LogP contribution in [0.1, 0.15) is 45.6 Å². The molecular formula is C19H27ClN2O4S. The zero-order valence-electron chi connectivity index (χ0n) is 16.0. The fourth-order valence-electron chi connectivity index (χ4n) is 3.63. The van der Waals surface area contributed by atoms with Gasteiger partial charge in [0.25, 0.3) is 0 Å². The van der Waals surface area contributed by atoms with Gasteiger partial charge in [0.1, 0.15) is 11.9 Å². The van der Waals surface area contributed by atoms with Gasteiger partial charge in [-0.05, 0) is 37.8 Å². The van der Waals surface area contributed by atoms with Crippen molar-refractivity contribution < 1.29 is 17.9 Å². The van der Waals surface area contributed by atoms with Gasteiger partial charge < -0.3 is 9.64 Å². The predicted molar refractivity (Wildman–Crippen MR) is 105 cm³/mol. The van der Waals surface area contributed by atoms with Crippen LogP contribution in [-0.4, -0.2) is 44.5 Å². The average Bonchev–Trinajstić information content (AvgIpc) is 2.95. The SMILES string of the molecule is CC(C)CC(=O)N1CCC(NS(=O)(=O)c2cc(Cl)c3c(c2)CC(C)O3)CC1. The summed E-state index contributed by atoms with van der Waals surface area (Å²) in [5.74, 6) is 1.05. The Morgan fingerprint density at radius 3 is 2.63 bits per heavy atom. The fraction of sp³-hybridized carbons (Fsp3) is 0.632. The molecule has 1 aromatic rings. The van der Waals surface area contributed by atoms with Crippen LogP contribution < -0.4 is 9.46 Å². The molecule has 8 heteroatoms. The second kappa shape index (κ2) is 7.97. The Bertz CT molecular complexity index is 817. The maximum absolute atomic E-state index is 12.8. The van der Waals surface area contributed by atoms with Crippen molar-refractivity contribution in [1.29, 1.82) is 0 Å². The third kappa shape index (κ3) is 4.76. The van der Waals surface area contributed by atoms with E-state index in [0.717, 1.165) is 5.56 Å². The number of likely N-dealkylation sites (tertiary alicyclic amines) is 1. The van der Waals surface area contributed by atoms with Crippen molar-refractivity contribution in [2.45, 2.75) is 63.5 Å². The number of carbonyl (C=O) groups is 1. The van der Waals surface area contributed by atoms with E-state index < -0.39 is 10.0 Å². The van der Waals surface area contributed by atoms with E-state index in [1.807, 2.05) is 25.7 Å². The van der Waals surface area contributed by atoms with Gasteiger partial charge in [-0.15, -0.1) is 0 Å². The Balaban J connectivity index is 1.64. The molecule has 2 aliphatic rings. The van der Waals surface area contributed by atoms with E-state index in [1.165, 1.54) is 6.07 Å². The van der Waals surface area contributed by atoms with Crippen LogP contribution in [0.3, 0.4) is 0 Å². The van der Waals surface area contributed by atoms with E-state index >= 15 is 0 Å². The van der Waals surface area contributed by atoms with E-state index in [0.29, 0.717) is 55.5 Å². The molecule has 6 nitrogen and oxygen atoms in total. The summed E-state index contributed by atoms with van der Waals surface area (Å²) in [4.78, 5) is 14.2. The molecule has 0 aliphatic carbocycles. The maximum Gasteiger partial charge on any atom is 0.240 e. The molecule has 1 atom stereocenters. The number of nitrogens with zero attached hydrogens (tertiary/aromatic N) is 1. The highest BCUT2D eigenvalue weighted by atomic mass is 35.5. The molecule has 1 saturated heterocycles. The monoisotopic (exact) mass is 414 g/mol. The third-order valence-electron chi connectivity index (χ3n) is 4.98. The molecule has 1 unspecified atom stereocenters. The van der Waals surface area contributed by atoms with Gasteiger partial charge in [0.15, 0.2) is 0 Å². The summed E-state index contributed by atoms with van der Waals surface area (Å²) < 4.78 is 34.0. The molecule has 0 spiro atoms. The molecule has 150 valence electrons. The first-order chi connectivity index (χ1) is 12.7. The number of hydrogen-bond acceptors (Lipinski definition) is 4. The van der Waals surface area contributed by atoms with Crippen LogP contribution in [0.15, 0.2) is 17.0 Å². The van der Waals surface area contributed by atoms with E-state index in [1.54, 1.807) is 6.07 Å². The summed E-state index contributed by atoms with van der Waals surface area (Å²) in [6, 6.07) is 2.91. The Kier molecular flexibility index (Phi) is 6.03. The summed E-state index contributed by atoms with van der Waals surface area (Å²) in [5.41, 5.74) is 0.824. The van der Waals surface area contributed by atoms with Crippen molar-refractivity contribution >= 4 is 27.5 Å². The Morgan fingerprint density at radius 2 is 2.00 bits per heavy atom. The number of sulfonamides is 1. The number of fused-ring (bicyclic) bond motifs is 1. The van der Waals surface area contributed by atoms with E-state index in [9.17, 15) is 13.2 Å². The van der Waals surface area contributed by atoms with E-state index in [2.05, 4.69) is 4.72 Å². The quantitative estimate of drug-likeness (QED) is 0.803. The van der Waals surface area contributed by atoms with E-state index in [4.69, 9.17) is 16.3 Å². The van der Waals surface area contributed by atoms with Crippen LogP contribution in [-0.2, 0) is 21.2 Å². The third-order valence-corrected chi connectivity index (χ3v) is 6.76. The lowest BCUT2D eigenvalue weighted by Crippen LogP contribution is -2.46. The van der Waals surface area contributed by atoms with E-state index in [-0.39, 0.29) is 22.9 Å². The summed E-state index contributed by atoms with van der Waals surface area (Å²) >= 11 is 6.22. The van der Waals surface area contributed by atoms with Crippen LogP contribution in [0.5, 0.6) is 5.75 Å². The summed E-state index contributed by atoms with van der Waals surface area (Å²) in [7, 11) is -3.67. The molecule has 0 bridgehead atoms. The van der Waals surface area contributed by atoms with Crippen LogP contribution >= 0.6 is 11.6 Å². The number of piperidine rings is 1. The normalized spacial score (nSPS) is 20.6. The standard InChI is InChI=1S/C19H27ClN2O4S/c1-12(2)8-18(23)22-6-4-15(5-7-22)21-27(24,25)16-10-14-9-13(3)26-19(14)17(20)11-16/h10-13,15,21H,4-9H2,1-3H3. The Hall–Kier alpha value is -1.31. The smallest absolute Gasteiger partial charge is 0.240 e. The highest BCUT2D eigenvalue weighted by Crippen LogP contribution is 2.38. The number of rotatable bonds is 5. The number of nitrogens with one attached hydrogen (secondary N) is 1.